The van der Waals surface area contributed by atoms with Crippen molar-refractivity contribution in [3.63, 3.8) is 0 Å². The second-order valence-electron chi connectivity index (χ2n) is 17.1. The summed E-state index contributed by atoms with van der Waals surface area (Å²) in [6.07, 6.45) is 15.3. The number of hydrogen-bond donors (Lipinski definition) is 1. The molecule has 0 radical (unpaired) electrons. The lowest BCUT2D eigenvalue weighted by atomic mass is 9.94. The first kappa shape index (κ1) is 38.3. The minimum Gasteiger partial charge on any atom is -0.461 e. The highest BCUT2D eigenvalue weighted by Gasteiger charge is 2.49. The maximum absolute atomic E-state index is 17.1. The normalized spacial score (nSPS) is 23.8. The monoisotopic (exact) mass is 843 g/mol. The van der Waals surface area contributed by atoms with Gasteiger partial charge in [-0.1, -0.05) is 42.3 Å². The molecule has 0 unspecified atom stereocenters. The Morgan fingerprint density at radius 3 is 2.57 bits per heavy atom. The number of anilines is 1. The Morgan fingerprint density at radius 1 is 0.967 bits per heavy atom. The van der Waals surface area contributed by atoms with Gasteiger partial charge in [0.05, 0.1) is 34.1 Å². The van der Waals surface area contributed by atoms with E-state index < -0.39 is 21.7 Å². The first-order valence-corrected chi connectivity index (χ1v) is 22.4. The minimum absolute atomic E-state index is 0.0152. The van der Waals surface area contributed by atoms with Crippen LogP contribution in [0.5, 0.6) is 6.01 Å². The van der Waals surface area contributed by atoms with Gasteiger partial charge in [-0.3, -0.25) is 9.88 Å². The van der Waals surface area contributed by atoms with Crippen molar-refractivity contribution >= 4 is 37.5 Å². The van der Waals surface area contributed by atoms with E-state index >= 15 is 4.39 Å². The highest BCUT2D eigenvalue weighted by atomic mass is 32.2. The number of terminal acetylenes is 1. The molecule has 3 aromatic heterocycles. The third kappa shape index (κ3) is 6.78. The fraction of sp³-hybridized carbons (Fsp3) is 0.400. The first-order valence-electron chi connectivity index (χ1n) is 21.0. The van der Waals surface area contributed by atoms with Crippen LogP contribution in [0.3, 0.4) is 0 Å². The number of nitrogens with one attached hydrogen (secondary N) is 1. The van der Waals surface area contributed by atoms with Crippen LogP contribution in [0.2, 0.25) is 0 Å². The van der Waals surface area contributed by atoms with E-state index in [2.05, 4.69) is 36.1 Å². The standard InChI is InChI=1S/C45H43F2N9O4S/c1-2-34-37(46)16-11-28-5-3-6-35(38(28)34)40-39(47)41-36(20-48-40)43(54-21-30-12-13-31(22-54)50-30)52-44(51-41)60-25-45-17-4-18-55(45)23-32(19-45)59-24-27-7-14-33(15-8-27)61(57,58)56-26-49-42(53-56)29-9-10-29/h1,3,5-8,11,14-16,20,26,29-32,50H,4,9-10,12-13,17-19,21-25H2/t30-,31+,32-,45+/m0/s1. The molecule has 2 bridgehead atoms. The van der Waals surface area contributed by atoms with Crippen molar-refractivity contribution in [2.24, 2.45) is 0 Å². The van der Waals surface area contributed by atoms with Crippen molar-refractivity contribution in [2.75, 3.05) is 37.7 Å². The molecule has 1 saturated carbocycles. The van der Waals surface area contributed by atoms with E-state index in [-0.39, 0.29) is 51.8 Å². The molecular formula is C45H43F2N9O4S. The second-order valence-corrected chi connectivity index (χ2v) is 18.9. The molecule has 5 fully saturated rings. The summed E-state index contributed by atoms with van der Waals surface area (Å²) in [6.45, 7) is 3.62. The SMILES string of the molecule is C#Cc1c(F)ccc2cccc(-c3ncc4c(N5C[C@H]6CC[C@@H](C5)N6)nc(OC[C@]56CCCN5C[C@@H](OCc5ccc(S(=O)(=O)n7cnc(C8CC8)n7)cc5)C6)nc4c3F)c12. The lowest BCUT2D eigenvalue weighted by molar-refractivity contribution is 0.0440. The maximum atomic E-state index is 17.1. The van der Waals surface area contributed by atoms with E-state index in [1.165, 1.54) is 12.4 Å². The molecule has 3 aromatic carbocycles. The van der Waals surface area contributed by atoms with Crippen LogP contribution in [0, 0.1) is 24.0 Å². The van der Waals surface area contributed by atoms with E-state index in [1.54, 1.807) is 48.7 Å². The van der Waals surface area contributed by atoms with Crippen LogP contribution in [0.1, 0.15) is 67.8 Å². The highest BCUT2D eigenvalue weighted by Crippen LogP contribution is 2.42. The molecule has 4 aliphatic heterocycles. The molecule has 4 atom stereocenters. The van der Waals surface area contributed by atoms with Gasteiger partial charge in [-0.25, -0.2) is 13.8 Å². The molecule has 1 aliphatic carbocycles. The Bertz CT molecular complexity index is 2850. The molecule has 61 heavy (non-hydrogen) atoms. The summed E-state index contributed by atoms with van der Waals surface area (Å²) in [4.78, 5) is 23.2. The van der Waals surface area contributed by atoms with Crippen LogP contribution in [-0.4, -0.2) is 99.0 Å². The predicted molar refractivity (Wildman–Crippen MR) is 224 cm³/mol. The third-order valence-electron chi connectivity index (χ3n) is 13.2. The number of halogens is 2. The van der Waals surface area contributed by atoms with E-state index in [1.807, 2.05) is 6.07 Å². The molecule has 4 saturated heterocycles. The van der Waals surface area contributed by atoms with Crippen LogP contribution in [0.25, 0.3) is 32.9 Å². The molecule has 1 N–H and O–H groups in total. The van der Waals surface area contributed by atoms with Crippen LogP contribution in [-0.2, 0) is 21.4 Å². The predicted octanol–water partition coefficient (Wildman–Crippen LogP) is 5.95. The minimum atomic E-state index is -3.85. The van der Waals surface area contributed by atoms with Gasteiger partial charge in [-0.05, 0) is 80.6 Å². The number of nitrogens with zero attached hydrogens (tertiary/aromatic N) is 8. The van der Waals surface area contributed by atoms with Gasteiger partial charge in [-0.2, -0.15) is 18.4 Å². The van der Waals surface area contributed by atoms with Gasteiger partial charge in [0.1, 0.15) is 35.8 Å². The largest absolute Gasteiger partial charge is 0.461 e. The van der Waals surface area contributed by atoms with Gasteiger partial charge >= 0.3 is 6.01 Å². The summed E-state index contributed by atoms with van der Waals surface area (Å²) in [5.74, 6) is 2.63. The topological polar surface area (TPSA) is 140 Å². The number of ether oxygens (including phenoxy) is 2. The van der Waals surface area contributed by atoms with Crippen LogP contribution < -0.4 is 15.0 Å². The zero-order valence-corrected chi connectivity index (χ0v) is 34.1. The van der Waals surface area contributed by atoms with Crippen molar-refractivity contribution in [1.82, 2.24) is 39.3 Å². The molecule has 0 spiro atoms. The summed E-state index contributed by atoms with van der Waals surface area (Å²) in [5, 5.41) is 9.43. The Balaban J connectivity index is 0.848. The molecule has 312 valence electrons. The van der Waals surface area contributed by atoms with E-state index in [4.69, 9.17) is 25.9 Å². The van der Waals surface area contributed by atoms with Gasteiger partial charge in [0, 0.05) is 54.8 Å². The second kappa shape index (κ2) is 14.8. The molecular weight excluding hydrogens is 801 g/mol. The van der Waals surface area contributed by atoms with Crippen molar-refractivity contribution < 1.29 is 26.7 Å². The van der Waals surface area contributed by atoms with E-state index in [0.717, 1.165) is 54.7 Å². The highest BCUT2D eigenvalue weighted by molar-refractivity contribution is 7.89. The van der Waals surface area contributed by atoms with Gasteiger partial charge in [0.25, 0.3) is 10.0 Å². The fourth-order valence-corrected chi connectivity index (χ4v) is 11.0. The quantitative estimate of drug-likeness (QED) is 0.154. The van der Waals surface area contributed by atoms with Crippen LogP contribution in [0.4, 0.5) is 14.6 Å². The lowest BCUT2D eigenvalue weighted by Crippen LogP contribution is -2.51. The first-order chi connectivity index (χ1) is 29.7. The Labute approximate surface area is 351 Å². The Kier molecular flexibility index (Phi) is 9.30. The van der Waals surface area contributed by atoms with Crippen molar-refractivity contribution in [3.05, 3.63) is 95.7 Å². The number of pyridine rings is 1. The maximum Gasteiger partial charge on any atom is 0.319 e. The zero-order chi connectivity index (χ0) is 41.5. The summed E-state index contributed by atoms with van der Waals surface area (Å²) < 4.78 is 72.4. The molecule has 11 rings (SSSR count). The Morgan fingerprint density at radius 2 is 1.79 bits per heavy atom. The summed E-state index contributed by atoms with van der Waals surface area (Å²) in [6, 6.07) is 15.6. The Hall–Kier alpha value is -5.60. The number of piperazine rings is 1. The average Bonchev–Trinajstić information content (AvgIpc) is 3.53. The molecule has 16 heteroatoms. The lowest BCUT2D eigenvalue weighted by Gasteiger charge is -2.34. The third-order valence-corrected chi connectivity index (χ3v) is 14.7. The van der Waals surface area contributed by atoms with E-state index in [0.29, 0.717) is 78.1 Å². The van der Waals surface area contributed by atoms with Gasteiger partial charge < -0.3 is 19.7 Å². The van der Waals surface area contributed by atoms with Crippen molar-refractivity contribution in [3.8, 4) is 29.6 Å². The summed E-state index contributed by atoms with van der Waals surface area (Å²) in [7, 11) is -3.85. The van der Waals surface area contributed by atoms with Gasteiger partial charge in [0.15, 0.2) is 11.6 Å². The molecule has 13 nitrogen and oxygen atoms in total. The number of rotatable bonds is 11. The molecule has 5 aliphatic rings. The zero-order valence-electron chi connectivity index (χ0n) is 33.3. The number of benzene rings is 3. The van der Waals surface area contributed by atoms with Crippen molar-refractivity contribution in [1.29, 1.82) is 0 Å². The fourth-order valence-electron chi connectivity index (χ4n) is 9.94. The van der Waals surface area contributed by atoms with Crippen molar-refractivity contribution in [2.45, 2.75) is 86.1 Å². The molecule has 0 amide bonds. The number of fused-ring (bicyclic) bond motifs is 5. The molecule has 7 heterocycles. The number of aromatic nitrogens is 6. The van der Waals surface area contributed by atoms with Gasteiger partial charge in [0.2, 0.25) is 0 Å². The van der Waals surface area contributed by atoms with Crippen LogP contribution >= 0.6 is 0 Å². The summed E-state index contributed by atoms with van der Waals surface area (Å²) in [5.41, 5.74) is 1.04. The smallest absolute Gasteiger partial charge is 0.319 e. The summed E-state index contributed by atoms with van der Waals surface area (Å²) >= 11 is 0. The molecule has 6 aromatic rings. The van der Waals surface area contributed by atoms with Gasteiger partial charge in [-0.15, -0.1) is 15.6 Å². The van der Waals surface area contributed by atoms with E-state index in [9.17, 15) is 12.8 Å². The number of hydrogen-bond acceptors (Lipinski definition) is 12. The van der Waals surface area contributed by atoms with Crippen LogP contribution in [0.15, 0.2) is 72.0 Å². The average molecular weight is 844 g/mol.